The lowest BCUT2D eigenvalue weighted by Crippen LogP contribution is -2.59. The van der Waals surface area contributed by atoms with Gasteiger partial charge in [-0.25, -0.2) is 19.7 Å². The summed E-state index contributed by atoms with van der Waals surface area (Å²) in [4.78, 5) is 80.3. The van der Waals surface area contributed by atoms with E-state index in [9.17, 15) is 5.11 Å². The van der Waals surface area contributed by atoms with Gasteiger partial charge >= 0.3 is 12.0 Å². The molecule has 1 aromatic heterocycles. The first-order valence-corrected chi connectivity index (χ1v) is 25.5. The van der Waals surface area contributed by atoms with Gasteiger partial charge in [-0.1, -0.05) is 121 Å². The van der Waals surface area contributed by atoms with E-state index in [-0.39, 0.29) is 32.0 Å². The fraction of sp³-hybridized carbons (Fsp3) is 0.300. The lowest BCUT2D eigenvalue weighted by atomic mass is 9.64. The van der Waals surface area contributed by atoms with Crippen molar-refractivity contribution in [1.82, 2.24) is 25.1 Å². The summed E-state index contributed by atoms with van der Waals surface area (Å²) in [5, 5.41) is 12.8. The molecule has 4 aliphatic heterocycles. The highest BCUT2D eigenvalue weighted by molar-refractivity contribution is 6.24. The van der Waals surface area contributed by atoms with Crippen LogP contribution in [0.5, 0.6) is 5.75 Å². The van der Waals surface area contributed by atoms with Crippen molar-refractivity contribution in [3.63, 3.8) is 0 Å². The average molecular weight is 988 g/mol. The summed E-state index contributed by atoms with van der Waals surface area (Å²) < 4.78 is 12.6. The van der Waals surface area contributed by atoms with Gasteiger partial charge in [0.1, 0.15) is 29.9 Å². The zero-order chi connectivity index (χ0) is 50.8. The number of aliphatic hydroxyl groups is 1. The van der Waals surface area contributed by atoms with E-state index in [2.05, 4.69) is 33.2 Å². The van der Waals surface area contributed by atoms with Gasteiger partial charge in [0.05, 0.1) is 36.3 Å². The van der Waals surface area contributed by atoms with Gasteiger partial charge in [-0.15, -0.1) is 0 Å². The first kappa shape index (κ1) is 48.2. The van der Waals surface area contributed by atoms with Crippen molar-refractivity contribution >= 4 is 35.5 Å². The summed E-state index contributed by atoms with van der Waals surface area (Å²) in [7, 11) is 0. The molecule has 11 rings (SSSR count). The summed E-state index contributed by atoms with van der Waals surface area (Å²) >= 11 is 0. The van der Waals surface area contributed by atoms with Crippen LogP contribution in [0.2, 0.25) is 0 Å². The number of anilines is 2. The van der Waals surface area contributed by atoms with Crippen molar-refractivity contribution in [2.45, 2.75) is 68.3 Å². The Morgan fingerprint density at radius 2 is 1.49 bits per heavy atom. The van der Waals surface area contributed by atoms with Crippen molar-refractivity contribution in [3.8, 4) is 17.6 Å². The lowest BCUT2D eigenvalue weighted by molar-refractivity contribution is -0.179. The molecule has 7 atom stereocenters. The molecule has 74 heavy (non-hydrogen) atoms. The number of urea groups is 1. The van der Waals surface area contributed by atoms with Crippen molar-refractivity contribution in [1.29, 1.82) is 0 Å². The number of esters is 1. The number of aromatic nitrogens is 2. The zero-order valence-electron chi connectivity index (χ0n) is 41.1. The highest BCUT2D eigenvalue weighted by Crippen LogP contribution is 2.66. The SMILES string of the molecule is C[C@@H](NC(=O)N1C(=O)[C@@]2(c3cc(C#CC4=CCCCC4)ccc31)[C@H](C(=O)N1CCN(c3ncccn3)CC1)[C@H]1C(=O)O[C@H](c3ccccc3)[C@H](c3ccccc3)N1[C@@H]2c1ccc(OCCO)cc1)c1ccccc1. The number of piperazine rings is 1. The van der Waals surface area contributed by atoms with Crippen molar-refractivity contribution in [3.05, 3.63) is 197 Å². The minimum Gasteiger partial charge on any atom is -0.491 e. The number of carbonyl (C=O) groups is 4. The molecular formula is C60H57N7O7. The Labute approximate surface area is 430 Å². The normalized spacial score (nSPS) is 23.7. The number of rotatable bonds is 10. The molecule has 14 nitrogen and oxygen atoms in total. The molecule has 4 amide bonds. The summed E-state index contributed by atoms with van der Waals surface area (Å²) in [6, 6.07) is 38.8. The Bertz CT molecular complexity index is 3120. The second kappa shape index (κ2) is 20.8. The molecule has 5 heterocycles. The van der Waals surface area contributed by atoms with Crippen molar-refractivity contribution in [2.24, 2.45) is 5.92 Å². The smallest absolute Gasteiger partial charge is 0.329 e. The molecule has 0 saturated carbocycles. The molecule has 6 aromatic rings. The van der Waals surface area contributed by atoms with Gasteiger partial charge in [-0.3, -0.25) is 19.3 Å². The molecule has 374 valence electrons. The first-order chi connectivity index (χ1) is 36.3. The van der Waals surface area contributed by atoms with Crippen LogP contribution in [0.15, 0.2) is 164 Å². The Morgan fingerprint density at radius 3 is 2.16 bits per heavy atom. The van der Waals surface area contributed by atoms with Crippen LogP contribution in [0.1, 0.15) is 90.2 Å². The fourth-order valence-electron chi connectivity index (χ4n) is 11.8. The molecule has 3 saturated heterocycles. The Hall–Kier alpha value is -8.12. The number of benzene rings is 5. The molecule has 2 N–H and O–H groups in total. The molecular weight excluding hydrogens is 931 g/mol. The predicted octanol–water partition coefficient (Wildman–Crippen LogP) is 8.18. The van der Waals surface area contributed by atoms with Crippen LogP contribution in [0, 0.1) is 17.8 Å². The number of aliphatic hydroxyl groups excluding tert-OH is 1. The summed E-state index contributed by atoms with van der Waals surface area (Å²) in [5.74, 6) is 4.63. The van der Waals surface area contributed by atoms with E-state index in [1.54, 1.807) is 41.6 Å². The van der Waals surface area contributed by atoms with E-state index in [1.807, 2.05) is 132 Å². The van der Waals surface area contributed by atoms with Gasteiger partial charge < -0.3 is 29.7 Å². The van der Waals surface area contributed by atoms with Gasteiger partial charge in [-0.2, -0.15) is 0 Å². The van der Waals surface area contributed by atoms with Gasteiger partial charge in [0.2, 0.25) is 17.8 Å². The van der Waals surface area contributed by atoms with Gasteiger partial charge in [-0.05, 0) is 102 Å². The topological polar surface area (TPSA) is 158 Å². The van der Waals surface area contributed by atoms with Crippen LogP contribution in [0.3, 0.4) is 0 Å². The van der Waals surface area contributed by atoms with Crippen LogP contribution in [-0.2, 0) is 24.5 Å². The number of morpholine rings is 1. The van der Waals surface area contributed by atoms with E-state index in [4.69, 9.17) is 9.47 Å². The molecule has 3 fully saturated rings. The molecule has 1 spiro atoms. The van der Waals surface area contributed by atoms with Crippen molar-refractivity contribution < 1.29 is 33.8 Å². The fourth-order valence-corrected chi connectivity index (χ4v) is 11.8. The molecule has 0 radical (unpaired) electrons. The number of nitrogens with zero attached hydrogens (tertiary/aromatic N) is 6. The minimum atomic E-state index is -1.96. The van der Waals surface area contributed by atoms with E-state index in [0.717, 1.165) is 47.9 Å². The molecule has 0 bridgehead atoms. The van der Waals surface area contributed by atoms with E-state index in [1.165, 1.54) is 4.90 Å². The van der Waals surface area contributed by atoms with Crippen LogP contribution < -0.4 is 19.9 Å². The van der Waals surface area contributed by atoms with Gasteiger partial charge in [0.15, 0.2) is 0 Å². The van der Waals surface area contributed by atoms with Gasteiger partial charge in [0, 0.05) is 44.1 Å². The van der Waals surface area contributed by atoms with Crippen LogP contribution in [0.4, 0.5) is 16.4 Å². The third-order valence-corrected chi connectivity index (χ3v) is 15.2. The number of carbonyl (C=O) groups excluding carboxylic acids is 4. The highest BCUT2D eigenvalue weighted by atomic mass is 16.6. The number of allylic oxidation sites excluding steroid dienone is 2. The number of amides is 4. The number of fused-ring (bicyclic) bond motifs is 3. The molecule has 0 unspecified atom stereocenters. The number of ether oxygens (including phenoxy) is 2. The van der Waals surface area contributed by atoms with E-state index >= 15 is 19.2 Å². The number of hydrogen-bond acceptors (Lipinski definition) is 11. The second-order valence-corrected chi connectivity index (χ2v) is 19.4. The average Bonchev–Trinajstić information content (AvgIpc) is 3.97. The van der Waals surface area contributed by atoms with Gasteiger partial charge in [0.25, 0.3) is 0 Å². The third kappa shape index (κ3) is 8.75. The largest absolute Gasteiger partial charge is 0.491 e. The Balaban J connectivity index is 1.16. The summed E-state index contributed by atoms with van der Waals surface area (Å²) in [6.45, 7) is 2.97. The third-order valence-electron chi connectivity index (χ3n) is 15.2. The highest BCUT2D eigenvalue weighted by Gasteiger charge is 2.76. The molecule has 5 aliphatic rings. The maximum absolute atomic E-state index is 16.9. The first-order valence-electron chi connectivity index (χ1n) is 25.5. The quantitative estimate of drug-likeness (QED) is 0.101. The zero-order valence-corrected chi connectivity index (χ0v) is 41.1. The number of hydrogen-bond donors (Lipinski definition) is 2. The lowest BCUT2D eigenvalue weighted by Gasteiger charge is -2.46. The van der Waals surface area contributed by atoms with E-state index in [0.29, 0.717) is 41.5 Å². The standard InChI is InChI=1S/C60H57N7O7/c1-40(43-17-8-3-9-18-43)63-59(72)66-49-30-25-42(24-23-41-15-6-2-7-16-41)39-48(49)60(57(66)71)50(55(69)64-33-35-65(36-34-64)58-61-31-14-32-62-58)52-56(70)74-53(45-21-12-5-13-22-45)51(44-19-10-4-11-20-44)67(52)54(60)46-26-28-47(29-27-46)73-38-37-68/h3-5,8-15,17-22,25-32,39-40,50-54,68H,2,6-7,16,33-38H2,1H3,(H,63,72)/t40-,50+,51+,52+,53-,54-,60+/m1/s1. The summed E-state index contributed by atoms with van der Waals surface area (Å²) in [5.41, 5.74) is 3.30. The predicted molar refractivity (Wildman–Crippen MR) is 279 cm³/mol. The maximum atomic E-state index is 16.9. The van der Waals surface area contributed by atoms with Crippen LogP contribution in [0.25, 0.3) is 0 Å². The minimum absolute atomic E-state index is 0.0554. The molecule has 14 heteroatoms. The second-order valence-electron chi connectivity index (χ2n) is 19.4. The Kier molecular flexibility index (Phi) is 13.5. The number of cyclic esters (lactones) is 1. The number of nitrogens with one attached hydrogen (secondary N) is 1. The molecule has 5 aromatic carbocycles. The number of imide groups is 1. The van der Waals surface area contributed by atoms with Crippen LogP contribution >= 0.6 is 0 Å². The molecule has 1 aliphatic carbocycles. The Morgan fingerprint density at radius 1 is 0.797 bits per heavy atom. The van der Waals surface area contributed by atoms with Crippen LogP contribution in [-0.4, -0.2) is 94.1 Å². The summed E-state index contributed by atoms with van der Waals surface area (Å²) in [6.07, 6.45) is 8.58. The monoisotopic (exact) mass is 987 g/mol. The van der Waals surface area contributed by atoms with Crippen molar-refractivity contribution in [2.75, 3.05) is 49.2 Å². The maximum Gasteiger partial charge on any atom is 0.329 e. The van der Waals surface area contributed by atoms with E-state index < -0.39 is 65.4 Å².